The molecule has 19 heavy (non-hydrogen) atoms. The number of fused-ring (bicyclic) bond motifs is 1. The van der Waals surface area contributed by atoms with Gasteiger partial charge in [0.1, 0.15) is 5.82 Å². The first-order valence-electron chi connectivity index (χ1n) is 6.21. The number of nitrogens with one attached hydrogen (secondary N) is 1. The van der Waals surface area contributed by atoms with E-state index in [0.29, 0.717) is 5.69 Å². The maximum absolute atomic E-state index is 13.8. The van der Waals surface area contributed by atoms with Crippen LogP contribution in [-0.2, 0) is 0 Å². The fraction of sp³-hybridized carbons (Fsp3) is 0.200. The maximum Gasteiger partial charge on any atom is 0.146 e. The molecule has 2 nitrogen and oxygen atoms in total. The Morgan fingerprint density at radius 2 is 1.89 bits per heavy atom. The zero-order valence-corrected chi connectivity index (χ0v) is 11.8. The number of nitrogens with two attached hydrogens (primary N) is 1. The first-order chi connectivity index (χ1) is 9.15. The molecule has 0 aliphatic heterocycles. The highest BCUT2D eigenvalue weighted by Crippen LogP contribution is 2.39. The van der Waals surface area contributed by atoms with Crippen molar-refractivity contribution in [3.05, 3.63) is 63.9 Å². The molecule has 0 amide bonds. The number of rotatable bonds is 2. The third kappa shape index (κ3) is 2.38. The molecule has 1 aliphatic rings. The second-order valence-corrected chi connectivity index (χ2v) is 5.71. The molecule has 0 radical (unpaired) electrons. The Morgan fingerprint density at radius 1 is 1.16 bits per heavy atom. The van der Waals surface area contributed by atoms with Crippen LogP contribution in [0.3, 0.4) is 0 Å². The third-order valence-electron chi connectivity index (χ3n) is 3.52. The number of halogens is 2. The van der Waals surface area contributed by atoms with Gasteiger partial charge in [-0.3, -0.25) is 0 Å². The molecule has 98 valence electrons. The number of anilines is 1. The lowest BCUT2D eigenvalue weighted by Crippen LogP contribution is -2.10. The molecule has 0 fully saturated rings. The molecule has 3 rings (SSSR count). The van der Waals surface area contributed by atoms with Crippen LogP contribution in [0.4, 0.5) is 10.1 Å². The molecule has 0 heterocycles. The van der Waals surface area contributed by atoms with Gasteiger partial charge in [-0.25, -0.2) is 4.39 Å². The molecule has 0 saturated carbocycles. The second kappa shape index (κ2) is 4.94. The minimum atomic E-state index is -0.249. The second-order valence-electron chi connectivity index (χ2n) is 4.79. The van der Waals surface area contributed by atoms with E-state index in [4.69, 9.17) is 5.73 Å². The number of benzene rings is 2. The summed E-state index contributed by atoms with van der Waals surface area (Å²) in [6.45, 7) is 0. The SMILES string of the molecule is NC1CC(Nc2cc(Br)ccc2F)c2ccccc21. The third-order valence-corrected chi connectivity index (χ3v) is 4.01. The van der Waals surface area contributed by atoms with Crippen molar-refractivity contribution in [1.29, 1.82) is 0 Å². The molecule has 0 bridgehead atoms. The van der Waals surface area contributed by atoms with Crippen LogP contribution in [0.1, 0.15) is 29.6 Å². The van der Waals surface area contributed by atoms with Gasteiger partial charge in [0.25, 0.3) is 0 Å². The van der Waals surface area contributed by atoms with Crippen molar-refractivity contribution in [3.63, 3.8) is 0 Å². The van der Waals surface area contributed by atoms with Gasteiger partial charge in [-0.05, 0) is 35.7 Å². The van der Waals surface area contributed by atoms with Crippen molar-refractivity contribution in [2.75, 3.05) is 5.32 Å². The average Bonchev–Trinajstić information content (AvgIpc) is 2.72. The van der Waals surface area contributed by atoms with E-state index in [1.165, 1.54) is 6.07 Å². The Morgan fingerprint density at radius 3 is 2.68 bits per heavy atom. The first kappa shape index (κ1) is 12.6. The molecule has 3 N–H and O–H groups in total. The van der Waals surface area contributed by atoms with Crippen LogP contribution in [0.25, 0.3) is 0 Å². The van der Waals surface area contributed by atoms with Gasteiger partial charge in [0.15, 0.2) is 0 Å². The highest BCUT2D eigenvalue weighted by molar-refractivity contribution is 9.10. The average molecular weight is 321 g/mol. The van der Waals surface area contributed by atoms with E-state index in [1.807, 2.05) is 18.2 Å². The molecule has 2 atom stereocenters. The Balaban J connectivity index is 1.91. The van der Waals surface area contributed by atoms with Crippen molar-refractivity contribution in [2.24, 2.45) is 5.73 Å². The van der Waals surface area contributed by atoms with Crippen LogP contribution in [-0.4, -0.2) is 0 Å². The summed E-state index contributed by atoms with van der Waals surface area (Å²) in [4.78, 5) is 0. The van der Waals surface area contributed by atoms with E-state index >= 15 is 0 Å². The van der Waals surface area contributed by atoms with Crippen LogP contribution >= 0.6 is 15.9 Å². The maximum atomic E-state index is 13.8. The molecule has 2 aromatic carbocycles. The minimum absolute atomic E-state index is 0.0175. The van der Waals surface area contributed by atoms with Crippen molar-refractivity contribution in [3.8, 4) is 0 Å². The molecule has 4 heteroatoms. The molecule has 0 aromatic heterocycles. The normalized spacial score (nSPS) is 21.2. The molecule has 0 saturated heterocycles. The largest absolute Gasteiger partial charge is 0.376 e. The Kier molecular flexibility index (Phi) is 3.29. The van der Waals surface area contributed by atoms with Gasteiger partial charge < -0.3 is 11.1 Å². The van der Waals surface area contributed by atoms with Crippen molar-refractivity contribution >= 4 is 21.6 Å². The van der Waals surface area contributed by atoms with Crippen molar-refractivity contribution in [1.82, 2.24) is 0 Å². The molecule has 2 unspecified atom stereocenters. The summed E-state index contributed by atoms with van der Waals surface area (Å²) in [5.74, 6) is -0.249. The zero-order chi connectivity index (χ0) is 13.4. The fourth-order valence-electron chi connectivity index (χ4n) is 2.61. The standard InChI is InChI=1S/C15H14BrFN2/c16-9-5-6-12(17)15(7-9)19-14-8-13(18)10-3-1-2-4-11(10)14/h1-7,13-14,19H,8,18H2. The summed E-state index contributed by atoms with van der Waals surface area (Å²) < 4.78 is 14.6. The Bertz CT molecular complexity index is 615. The smallest absolute Gasteiger partial charge is 0.146 e. The lowest BCUT2D eigenvalue weighted by molar-refractivity contribution is 0.614. The predicted molar refractivity (Wildman–Crippen MR) is 78.5 cm³/mol. The summed E-state index contributed by atoms with van der Waals surface area (Å²) in [7, 11) is 0. The van der Waals surface area contributed by atoms with Gasteiger partial charge in [-0.1, -0.05) is 40.2 Å². The van der Waals surface area contributed by atoms with Crippen LogP contribution in [0.15, 0.2) is 46.9 Å². The van der Waals surface area contributed by atoms with E-state index in [-0.39, 0.29) is 17.9 Å². The molecular weight excluding hydrogens is 307 g/mol. The highest BCUT2D eigenvalue weighted by atomic mass is 79.9. The van der Waals surface area contributed by atoms with E-state index in [0.717, 1.165) is 22.0 Å². The first-order valence-corrected chi connectivity index (χ1v) is 7.00. The topological polar surface area (TPSA) is 38.0 Å². The van der Waals surface area contributed by atoms with Gasteiger partial charge in [-0.15, -0.1) is 0 Å². The van der Waals surface area contributed by atoms with E-state index in [1.54, 1.807) is 12.1 Å². The van der Waals surface area contributed by atoms with Gasteiger partial charge in [-0.2, -0.15) is 0 Å². The van der Waals surface area contributed by atoms with Crippen molar-refractivity contribution < 1.29 is 4.39 Å². The monoisotopic (exact) mass is 320 g/mol. The van der Waals surface area contributed by atoms with Gasteiger partial charge in [0.2, 0.25) is 0 Å². The van der Waals surface area contributed by atoms with E-state index in [2.05, 4.69) is 27.3 Å². The summed E-state index contributed by atoms with van der Waals surface area (Å²) in [6, 6.07) is 13.0. The van der Waals surface area contributed by atoms with Gasteiger partial charge in [0, 0.05) is 10.5 Å². The Labute approximate surface area is 120 Å². The zero-order valence-electron chi connectivity index (χ0n) is 10.2. The fourth-order valence-corrected chi connectivity index (χ4v) is 2.97. The summed E-state index contributed by atoms with van der Waals surface area (Å²) in [5.41, 5.74) is 8.93. The number of hydrogen-bond donors (Lipinski definition) is 2. The number of hydrogen-bond acceptors (Lipinski definition) is 2. The summed E-state index contributed by atoms with van der Waals surface area (Å²) in [6.07, 6.45) is 0.783. The van der Waals surface area contributed by atoms with E-state index < -0.39 is 0 Å². The molecule has 1 aliphatic carbocycles. The predicted octanol–water partition coefficient (Wildman–Crippen LogP) is 4.14. The van der Waals surface area contributed by atoms with Gasteiger partial charge in [0.05, 0.1) is 11.7 Å². The van der Waals surface area contributed by atoms with Crippen LogP contribution < -0.4 is 11.1 Å². The summed E-state index contributed by atoms with van der Waals surface area (Å²) >= 11 is 3.36. The summed E-state index contributed by atoms with van der Waals surface area (Å²) in [5, 5.41) is 3.25. The molecule has 2 aromatic rings. The van der Waals surface area contributed by atoms with Crippen LogP contribution in [0, 0.1) is 5.82 Å². The lowest BCUT2D eigenvalue weighted by atomic mass is 10.1. The highest BCUT2D eigenvalue weighted by Gasteiger charge is 2.28. The van der Waals surface area contributed by atoms with E-state index in [9.17, 15) is 4.39 Å². The van der Waals surface area contributed by atoms with Gasteiger partial charge >= 0.3 is 0 Å². The Hall–Kier alpha value is -1.39. The quantitative estimate of drug-likeness (QED) is 0.872. The molecule has 0 spiro atoms. The minimum Gasteiger partial charge on any atom is -0.376 e. The van der Waals surface area contributed by atoms with Crippen LogP contribution in [0.2, 0.25) is 0 Å². The van der Waals surface area contributed by atoms with Crippen LogP contribution in [0.5, 0.6) is 0 Å². The molecular formula is C15H14BrFN2. The van der Waals surface area contributed by atoms with Crippen molar-refractivity contribution in [2.45, 2.75) is 18.5 Å². The lowest BCUT2D eigenvalue weighted by Gasteiger charge is -2.16.